The fraction of sp³-hybridized carbons (Fsp3) is 0.562. The van der Waals surface area contributed by atoms with Gasteiger partial charge in [0.05, 0.1) is 11.0 Å². The van der Waals surface area contributed by atoms with Crippen LogP contribution in [0.25, 0.3) is 11.0 Å². The number of rotatable bonds is 6. The van der Waals surface area contributed by atoms with Crippen molar-refractivity contribution in [2.24, 2.45) is 0 Å². The van der Waals surface area contributed by atoms with E-state index in [1.54, 1.807) is 0 Å². The molecule has 0 radical (unpaired) electrons. The molecule has 19 heavy (non-hydrogen) atoms. The van der Waals surface area contributed by atoms with Crippen LogP contribution < -0.4 is 5.32 Å². The predicted octanol–water partition coefficient (Wildman–Crippen LogP) is 3.47. The van der Waals surface area contributed by atoms with Gasteiger partial charge in [-0.15, -0.1) is 0 Å². The molecule has 0 aliphatic heterocycles. The van der Waals surface area contributed by atoms with Gasteiger partial charge in [-0.05, 0) is 51.4 Å². The van der Waals surface area contributed by atoms with Gasteiger partial charge in [-0.2, -0.15) is 0 Å². The monoisotopic (exact) mass is 259 g/mol. The van der Waals surface area contributed by atoms with Crippen LogP contribution in [0.4, 0.5) is 0 Å². The summed E-state index contributed by atoms with van der Waals surface area (Å²) in [6.07, 6.45) is 2.17. The molecule has 0 saturated carbocycles. The third-order valence-electron chi connectivity index (χ3n) is 3.39. The van der Waals surface area contributed by atoms with Crippen molar-refractivity contribution in [2.45, 2.75) is 46.6 Å². The van der Waals surface area contributed by atoms with Crippen LogP contribution in [0.2, 0.25) is 0 Å². The average molecular weight is 259 g/mol. The zero-order valence-corrected chi connectivity index (χ0v) is 12.5. The van der Waals surface area contributed by atoms with Crippen LogP contribution in [-0.2, 0) is 6.42 Å². The molecule has 0 spiro atoms. The van der Waals surface area contributed by atoms with E-state index in [9.17, 15) is 0 Å². The Kier molecular flexibility index (Phi) is 4.59. The summed E-state index contributed by atoms with van der Waals surface area (Å²) in [5.74, 6) is 1.19. The first kappa shape index (κ1) is 14.1. The van der Waals surface area contributed by atoms with Gasteiger partial charge in [0.1, 0.15) is 5.82 Å². The maximum absolute atomic E-state index is 4.82. The van der Waals surface area contributed by atoms with E-state index in [4.69, 9.17) is 4.98 Å². The summed E-state index contributed by atoms with van der Waals surface area (Å²) < 4.78 is 2.36. The number of imidazole rings is 1. The van der Waals surface area contributed by atoms with E-state index in [0.717, 1.165) is 25.0 Å². The van der Waals surface area contributed by atoms with Crippen LogP contribution in [0.5, 0.6) is 0 Å². The SMILES string of the molecule is CCCNCCc1nc2cc(C)ccc2n1C(C)C. The van der Waals surface area contributed by atoms with Crippen molar-refractivity contribution >= 4 is 11.0 Å². The molecule has 0 bridgehead atoms. The molecule has 1 N–H and O–H groups in total. The Morgan fingerprint density at radius 1 is 1.26 bits per heavy atom. The second-order valence-corrected chi connectivity index (χ2v) is 5.48. The van der Waals surface area contributed by atoms with Gasteiger partial charge < -0.3 is 9.88 Å². The maximum Gasteiger partial charge on any atom is 0.111 e. The molecular weight excluding hydrogens is 234 g/mol. The highest BCUT2D eigenvalue weighted by atomic mass is 15.1. The lowest BCUT2D eigenvalue weighted by Gasteiger charge is -2.13. The number of nitrogens with one attached hydrogen (secondary N) is 1. The Labute approximate surface area is 116 Å². The van der Waals surface area contributed by atoms with Gasteiger partial charge in [-0.1, -0.05) is 13.0 Å². The van der Waals surface area contributed by atoms with Crippen molar-refractivity contribution in [1.29, 1.82) is 0 Å². The van der Waals surface area contributed by atoms with Gasteiger partial charge in [0.25, 0.3) is 0 Å². The number of hydrogen-bond donors (Lipinski definition) is 1. The van der Waals surface area contributed by atoms with E-state index >= 15 is 0 Å². The Bertz CT molecular complexity index is 540. The predicted molar refractivity (Wildman–Crippen MR) is 81.7 cm³/mol. The van der Waals surface area contributed by atoms with Crippen molar-refractivity contribution in [3.05, 3.63) is 29.6 Å². The van der Waals surface area contributed by atoms with E-state index < -0.39 is 0 Å². The summed E-state index contributed by atoms with van der Waals surface area (Å²) in [5.41, 5.74) is 3.65. The molecule has 3 heteroatoms. The molecule has 0 amide bonds. The topological polar surface area (TPSA) is 29.9 Å². The molecule has 1 aromatic heterocycles. The van der Waals surface area contributed by atoms with Gasteiger partial charge in [-0.3, -0.25) is 0 Å². The van der Waals surface area contributed by atoms with Gasteiger partial charge >= 0.3 is 0 Å². The van der Waals surface area contributed by atoms with Crippen LogP contribution in [0.3, 0.4) is 0 Å². The number of aromatic nitrogens is 2. The zero-order chi connectivity index (χ0) is 13.8. The van der Waals surface area contributed by atoms with E-state index in [-0.39, 0.29) is 0 Å². The fourth-order valence-electron chi connectivity index (χ4n) is 2.51. The molecule has 0 aliphatic carbocycles. The lowest BCUT2D eigenvalue weighted by atomic mass is 10.2. The molecule has 0 fully saturated rings. The standard InChI is InChI=1S/C16H25N3/c1-5-9-17-10-8-16-18-14-11-13(4)6-7-15(14)19(16)12(2)3/h6-7,11-12,17H,5,8-10H2,1-4H3. The molecule has 0 atom stereocenters. The number of hydrogen-bond acceptors (Lipinski definition) is 2. The lowest BCUT2D eigenvalue weighted by molar-refractivity contribution is 0.568. The molecule has 3 nitrogen and oxygen atoms in total. The highest BCUT2D eigenvalue weighted by Crippen LogP contribution is 2.22. The van der Waals surface area contributed by atoms with Gasteiger partial charge in [0, 0.05) is 19.0 Å². The highest BCUT2D eigenvalue weighted by Gasteiger charge is 2.12. The molecule has 0 saturated heterocycles. The zero-order valence-electron chi connectivity index (χ0n) is 12.5. The average Bonchev–Trinajstić information content (AvgIpc) is 2.72. The Morgan fingerprint density at radius 2 is 2.05 bits per heavy atom. The second-order valence-electron chi connectivity index (χ2n) is 5.48. The molecule has 2 aromatic rings. The quantitative estimate of drug-likeness (QED) is 0.805. The molecule has 1 heterocycles. The first-order valence-electron chi connectivity index (χ1n) is 7.31. The van der Waals surface area contributed by atoms with Crippen LogP contribution >= 0.6 is 0 Å². The van der Waals surface area contributed by atoms with E-state index in [1.165, 1.54) is 23.3 Å². The normalized spacial score (nSPS) is 11.6. The van der Waals surface area contributed by atoms with Crippen molar-refractivity contribution in [3.63, 3.8) is 0 Å². The van der Waals surface area contributed by atoms with Crippen molar-refractivity contribution in [1.82, 2.24) is 14.9 Å². The number of benzene rings is 1. The fourth-order valence-corrected chi connectivity index (χ4v) is 2.51. The minimum Gasteiger partial charge on any atom is -0.325 e. The number of nitrogens with zero attached hydrogens (tertiary/aromatic N) is 2. The van der Waals surface area contributed by atoms with Crippen LogP contribution in [0, 0.1) is 6.92 Å². The smallest absolute Gasteiger partial charge is 0.111 e. The van der Waals surface area contributed by atoms with Gasteiger partial charge in [0.2, 0.25) is 0 Å². The third kappa shape index (κ3) is 3.16. The maximum atomic E-state index is 4.82. The summed E-state index contributed by atoms with van der Waals surface area (Å²) >= 11 is 0. The summed E-state index contributed by atoms with van der Waals surface area (Å²) in [6.45, 7) is 10.9. The number of fused-ring (bicyclic) bond motifs is 1. The summed E-state index contributed by atoms with van der Waals surface area (Å²) in [5, 5.41) is 3.45. The van der Waals surface area contributed by atoms with Gasteiger partial charge in [0.15, 0.2) is 0 Å². The van der Waals surface area contributed by atoms with Crippen LogP contribution in [0.15, 0.2) is 18.2 Å². The van der Waals surface area contributed by atoms with Crippen molar-refractivity contribution < 1.29 is 0 Å². The third-order valence-corrected chi connectivity index (χ3v) is 3.39. The first-order chi connectivity index (χ1) is 9.13. The Morgan fingerprint density at radius 3 is 2.74 bits per heavy atom. The molecule has 0 unspecified atom stereocenters. The second kappa shape index (κ2) is 6.20. The van der Waals surface area contributed by atoms with Crippen LogP contribution in [-0.4, -0.2) is 22.6 Å². The summed E-state index contributed by atoms with van der Waals surface area (Å²) in [6, 6.07) is 6.99. The molecular formula is C16H25N3. The van der Waals surface area contributed by atoms with E-state index in [0.29, 0.717) is 6.04 Å². The lowest BCUT2D eigenvalue weighted by Crippen LogP contribution is -2.20. The highest BCUT2D eigenvalue weighted by molar-refractivity contribution is 5.77. The van der Waals surface area contributed by atoms with Gasteiger partial charge in [-0.25, -0.2) is 4.98 Å². The molecule has 104 valence electrons. The summed E-state index contributed by atoms with van der Waals surface area (Å²) in [7, 11) is 0. The van der Waals surface area contributed by atoms with Crippen molar-refractivity contribution in [3.8, 4) is 0 Å². The van der Waals surface area contributed by atoms with E-state index in [2.05, 4.69) is 55.8 Å². The molecule has 2 rings (SSSR count). The van der Waals surface area contributed by atoms with E-state index in [1.807, 2.05) is 0 Å². The molecule has 1 aromatic carbocycles. The minimum atomic E-state index is 0.453. The molecule has 0 aliphatic rings. The Balaban J connectivity index is 2.28. The van der Waals surface area contributed by atoms with Crippen molar-refractivity contribution in [2.75, 3.05) is 13.1 Å². The first-order valence-corrected chi connectivity index (χ1v) is 7.31. The largest absolute Gasteiger partial charge is 0.325 e. The minimum absolute atomic E-state index is 0.453. The Hall–Kier alpha value is -1.35. The van der Waals surface area contributed by atoms with Crippen LogP contribution in [0.1, 0.15) is 44.6 Å². The number of aryl methyl sites for hydroxylation is 1. The summed E-state index contributed by atoms with van der Waals surface area (Å²) in [4.78, 5) is 4.82.